The first-order valence-electron chi connectivity index (χ1n) is 7.02. The molecule has 1 unspecified atom stereocenters. The number of nitrogens with one attached hydrogen (secondary N) is 1. The Bertz CT molecular complexity index is 745. The Morgan fingerprint density at radius 2 is 2.41 bits per heavy atom. The van der Waals surface area contributed by atoms with Gasteiger partial charge in [-0.3, -0.25) is 19.1 Å². The van der Waals surface area contributed by atoms with Crippen molar-refractivity contribution in [2.24, 2.45) is 0 Å². The molecule has 0 spiro atoms. The number of nitrogens with zero attached hydrogens (tertiary/aromatic N) is 3. The molecule has 0 radical (unpaired) electrons. The molecule has 7 heteroatoms. The van der Waals surface area contributed by atoms with Crippen molar-refractivity contribution in [3.63, 3.8) is 0 Å². The third-order valence-electron chi connectivity index (χ3n) is 3.45. The highest BCUT2D eigenvalue weighted by Crippen LogP contribution is 2.31. The average Bonchev–Trinajstić information content (AvgIpc) is 2.89. The second-order valence-corrected chi connectivity index (χ2v) is 6.18. The van der Waals surface area contributed by atoms with Crippen LogP contribution >= 0.6 is 11.8 Å². The van der Waals surface area contributed by atoms with Crippen molar-refractivity contribution in [3.05, 3.63) is 52.2 Å². The normalized spacial score (nSPS) is 16.3. The van der Waals surface area contributed by atoms with E-state index in [1.165, 1.54) is 17.8 Å². The van der Waals surface area contributed by atoms with E-state index in [0.29, 0.717) is 23.1 Å². The fourth-order valence-electron chi connectivity index (χ4n) is 2.40. The lowest BCUT2D eigenvalue weighted by Gasteiger charge is -2.13. The van der Waals surface area contributed by atoms with Gasteiger partial charge in [-0.1, -0.05) is 17.8 Å². The van der Waals surface area contributed by atoms with Crippen LogP contribution in [0.15, 0.2) is 40.5 Å². The Kier molecular flexibility index (Phi) is 4.24. The third-order valence-corrected chi connectivity index (χ3v) is 4.55. The fourth-order valence-corrected chi connectivity index (χ4v) is 3.60. The maximum Gasteiger partial charge on any atom is 0.254 e. The highest BCUT2D eigenvalue weighted by molar-refractivity contribution is 7.99. The molecule has 6 nitrogen and oxygen atoms in total. The number of pyridine rings is 1. The largest absolute Gasteiger partial charge is 0.352 e. The summed E-state index contributed by atoms with van der Waals surface area (Å²) in [6.45, 7) is 2.25. The molecule has 0 aliphatic carbocycles. The van der Waals surface area contributed by atoms with Crippen molar-refractivity contribution in [1.29, 1.82) is 0 Å². The molecule has 0 aromatic carbocycles. The highest BCUT2D eigenvalue weighted by atomic mass is 32.2. The van der Waals surface area contributed by atoms with Gasteiger partial charge in [0, 0.05) is 42.9 Å². The molecule has 22 heavy (non-hydrogen) atoms. The van der Waals surface area contributed by atoms with Crippen molar-refractivity contribution >= 4 is 17.7 Å². The molecule has 114 valence electrons. The molecule has 1 aliphatic heterocycles. The van der Waals surface area contributed by atoms with Gasteiger partial charge in [0.25, 0.3) is 5.56 Å². The summed E-state index contributed by atoms with van der Waals surface area (Å²) in [6, 6.07) is 5.12. The van der Waals surface area contributed by atoms with Gasteiger partial charge in [-0.25, -0.2) is 4.98 Å². The summed E-state index contributed by atoms with van der Waals surface area (Å²) in [6.07, 6.45) is 3.70. The first kappa shape index (κ1) is 14.8. The van der Waals surface area contributed by atoms with Gasteiger partial charge >= 0.3 is 0 Å². The van der Waals surface area contributed by atoms with E-state index in [1.807, 2.05) is 12.1 Å². The zero-order chi connectivity index (χ0) is 15.5. The van der Waals surface area contributed by atoms with E-state index < -0.39 is 0 Å². The van der Waals surface area contributed by atoms with Gasteiger partial charge in [-0.15, -0.1) is 0 Å². The number of aromatic nitrogens is 3. The summed E-state index contributed by atoms with van der Waals surface area (Å²) in [4.78, 5) is 32.5. The molecular weight excluding hydrogens is 300 g/mol. The lowest BCUT2D eigenvalue weighted by molar-refractivity contribution is -0.121. The summed E-state index contributed by atoms with van der Waals surface area (Å²) >= 11 is 1.52. The molecule has 3 heterocycles. The predicted molar refractivity (Wildman–Crippen MR) is 83.7 cm³/mol. The van der Waals surface area contributed by atoms with Crippen LogP contribution in [0.3, 0.4) is 0 Å². The van der Waals surface area contributed by atoms with Crippen molar-refractivity contribution < 1.29 is 4.79 Å². The number of carbonyl (C=O) groups is 1. The van der Waals surface area contributed by atoms with E-state index >= 15 is 0 Å². The van der Waals surface area contributed by atoms with Crippen LogP contribution in [-0.2, 0) is 11.3 Å². The second kappa shape index (κ2) is 6.31. The first-order chi connectivity index (χ1) is 10.6. The van der Waals surface area contributed by atoms with Gasteiger partial charge in [-0.2, -0.15) is 0 Å². The maximum absolute atomic E-state index is 12.1. The predicted octanol–water partition coefficient (Wildman–Crippen LogP) is 1.30. The number of thioether (sulfide) groups is 1. The molecule has 0 saturated carbocycles. The van der Waals surface area contributed by atoms with Crippen LogP contribution < -0.4 is 10.9 Å². The molecule has 0 saturated heterocycles. The Hall–Kier alpha value is -2.15. The molecule has 1 N–H and O–H groups in total. The lowest BCUT2D eigenvalue weighted by atomic mass is 10.2. The minimum absolute atomic E-state index is 0.0743. The number of hydrogen-bond acceptors (Lipinski definition) is 5. The summed E-state index contributed by atoms with van der Waals surface area (Å²) in [5, 5.41) is 3.57. The maximum atomic E-state index is 12.1. The number of amides is 1. The Balaban J connectivity index is 1.64. The van der Waals surface area contributed by atoms with Gasteiger partial charge in [-0.05, 0) is 18.6 Å². The molecule has 2 aromatic heterocycles. The smallest absolute Gasteiger partial charge is 0.254 e. The summed E-state index contributed by atoms with van der Waals surface area (Å²) in [7, 11) is 0. The second-order valence-electron chi connectivity index (χ2n) is 5.20. The number of aryl methyl sites for hydroxylation is 1. The molecule has 1 amide bonds. The van der Waals surface area contributed by atoms with E-state index in [4.69, 9.17) is 0 Å². The zero-order valence-corrected chi connectivity index (χ0v) is 13.0. The van der Waals surface area contributed by atoms with E-state index in [9.17, 15) is 9.59 Å². The topological polar surface area (TPSA) is 76.9 Å². The lowest BCUT2D eigenvalue weighted by Crippen LogP contribution is -2.30. The minimum Gasteiger partial charge on any atom is -0.352 e. The van der Waals surface area contributed by atoms with Crippen LogP contribution in [0.5, 0.6) is 0 Å². The Morgan fingerprint density at radius 3 is 3.18 bits per heavy atom. The molecular formula is C15H16N4O2S. The first-order valence-corrected chi connectivity index (χ1v) is 8.00. The standard InChI is InChI=1S/C15H16N4O2S/c1-10-5-14(21)19-12(9-22-15(19)18-10)6-13(20)17-8-11-3-2-4-16-7-11/h2-5,7,12H,6,8-9H2,1H3,(H,17,20). The SMILES string of the molecule is Cc1cc(=O)n2c(n1)SCC2CC(=O)NCc1cccnc1. The van der Waals surface area contributed by atoms with Crippen molar-refractivity contribution in [1.82, 2.24) is 19.9 Å². The van der Waals surface area contributed by atoms with Crippen molar-refractivity contribution in [3.8, 4) is 0 Å². The third kappa shape index (κ3) is 3.19. The van der Waals surface area contributed by atoms with Gasteiger partial charge in [0.15, 0.2) is 5.16 Å². The Morgan fingerprint density at radius 1 is 1.55 bits per heavy atom. The summed E-state index contributed by atoms with van der Waals surface area (Å²) in [5.74, 6) is 0.626. The number of hydrogen-bond donors (Lipinski definition) is 1. The minimum atomic E-state index is -0.130. The Labute approximate surface area is 132 Å². The summed E-state index contributed by atoms with van der Waals surface area (Å²) < 4.78 is 1.63. The van der Waals surface area contributed by atoms with Crippen LogP contribution in [-0.4, -0.2) is 26.2 Å². The highest BCUT2D eigenvalue weighted by Gasteiger charge is 2.27. The van der Waals surface area contributed by atoms with Gasteiger partial charge in [0.1, 0.15) is 0 Å². The van der Waals surface area contributed by atoms with E-state index in [2.05, 4.69) is 15.3 Å². The molecule has 1 aliphatic rings. The van der Waals surface area contributed by atoms with E-state index in [0.717, 1.165) is 5.56 Å². The van der Waals surface area contributed by atoms with Crippen molar-refractivity contribution in [2.45, 2.75) is 31.1 Å². The van der Waals surface area contributed by atoms with Crippen LogP contribution in [0.4, 0.5) is 0 Å². The number of fused-ring (bicyclic) bond motifs is 1. The number of carbonyl (C=O) groups excluding carboxylic acids is 1. The monoisotopic (exact) mass is 316 g/mol. The van der Waals surface area contributed by atoms with Gasteiger partial charge in [0.05, 0.1) is 6.04 Å². The summed E-state index contributed by atoms with van der Waals surface area (Å²) in [5.41, 5.74) is 1.58. The van der Waals surface area contributed by atoms with E-state index in [-0.39, 0.29) is 23.9 Å². The molecule has 0 fully saturated rings. The van der Waals surface area contributed by atoms with Gasteiger partial charge in [0.2, 0.25) is 5.91 Å². The molecule has 0 bridgehead atoms. The molecule has 3 rings (SSSR count). The van der Waals surface area contributed by atoms with Crippen LogP contribution in [0, 0.1) is 6.92 Å². The van der Waals surface area contributed by atoms with E-state index in [1.54, 1.807) is 23.9 Å². The van der Waals surface area contributed by atoms with Gasteiger partial charge < -0.3 is 5.32 Å². The van der Waals surface area contributed by atoms with Crippen LogP contribution in [0.25, 0.3) is 0 Å². The van der Waals surface area contributed by atoms with Crippen molar-refractivity contribution in [2.75, 3.05) is 5.75 Å². The molecule has 1 atom stereocenters. The molecule has 2 aromatic rings. The average molecular weight is 316 g/mol. The fraction of sp³-hybridized carbons (Fsp3) is 0.333. The van der Waals surface area contributed by atoms with Crippen LogP contribution in [0.1, 0.15) is 23.7 Å². The van der Waals surface area contributed by atoms with Crippen LogP contribution in [0.2, 0.25) is 0 Å². The zero-order valence-electron chi connectivity index (χ0n) is 12.2. The quantitative estimate of drug-likeness (QED) is 0.860. The number of rotatable bonds is 4.